The topological polar surface area (TPSA) is 46.5 Å². The van der Waals surface area contributed by atoms with Gasteiger partial charge in [-0.05, 0) is 26.7 Å². The molecule has 1 aliphatic heterocycles. The van der Waals surface area contributed by atoms with Crippen molar-refractivity contribution in [2.45, 2.75) is 57.0 Å². The fourth-order valence-corrected chi connectivity index (χ4v) is 2.81. The van der Waals surface area contributed by atoms with Gasteiger partial charge in [-0.3, -0.25) is 4.79 Å². The monoisotopic (exact) mass is 232 g/mol. The molecule has 15 heavy (non-hydrogen) atoms. The highest BCUT2D eigenvalue weighted by Crippen LogP contribution is 2.32. The zero-order valence-corrected chi connectivity index (χ0v) is 10.5. The number of carbonyl (C=O) groups is 1. The minimum atomic E-state index is -0.720. The van der Waals surface area contributed by atoms with Crippen LogP contribution < -0.4 is 0 Å². The Morgan fingerprint density at radius 1 is 1.67 bits per heavy atom. The Hall–Kier alpha value is -0.220. The van der Waals surface area contributed by atoms with Crippen molar-refractivity contribution in [2.24, 2.45) is 0 Å². The number of carboxylic acids is 1. The number of aliphatic carboxylic acids is 1. The van der Waals surface area contributed by atoms with E-state index in [1.807, 2.05) is 6.92 Å². The Morgan fingerprint density at radius 3 is 2.80 bits per heavy atom. The third-order valence-electron chi connectivity index (χ3n) is 2.58. The van der Waals surface area contributed by atoms with Crippen molar-refractivity contribution >= 4 is 17.7 Å². The van der Waals surface area contributed by atoms with Crippen LogP contribution in [-0.2, 0) is 9.53 Å². The van der Waals surface area contributed by atoms with E-state index in [0.29, 0.717) is 6.10 Å². The molecule has 0 amide bonds. The minimum Gasteiger partial charge on any atom is -0.481 e. The first kappa shape index (κ1) is 12.8. The molecule has 1 N–H and O–H groups in total. The Kier molecular flexibility index (Phi) is 4.46. The van der Waals surface area contributed by atoms with E-state index < -0.39 is 5.97 Å². The normalized spacial score (nSPS) is 26.5. The summed E-state index contributed by atoms with van der Waals surface area (Å²) < 4.78 is 5.84. The highest BCUT2D eigenvalue weighted by atomic mass is 32.2. The summed E-state index contributed by atoms with van der Waals surface area (Å²) in [5, 5.41) is 8.79. The van der Waals surface area contributed by atoms with E-state index in [2.05, 4.69) is 13.8 Å². The lowest BCUT2D eigenvalue weighted by atomic mass is 10.1. The SMILES string of the molecule is CC(CC(=O)O)SCC1CCC(C)(C)O1. The molecule has 3 nitrogen and oxygen atoms in total. The van der Waals surface area contributed by atoms with Gasteiger partial charge in [-0.2, -0.15) is 11.8 Å². The van der Waals surface area contributed by atoms with Crippen LogP contribution >= 0.6 is 11.8 Å². The maximum Gasteiger partial charge on any atom is 0.304 e. The molecular formula is C11H20O3S. The van der Waals surface area contributed by atoms with Crippen molar-refractivity contribution in [3.05, 3.63) is 0 Å². The zero-order chi connectivity index (χ0) is 11.5. The number of hydrogen-bond donors (Lipinski definition) is 1. The minimum absolute atomic E-state index is 0.0151. The summed E-state index contributed by atoms with van der Waals surface area (Å²) in [5.41, 5.74) is 0.0151. The number of rotatable bonds is 5. The second-order valence-corrected chi connectivity index (χ2v) is 6.25. The van der Waals surface area contributed by atoms with Crippen LogP contribution in [0.15, 0.2) is 0 Å². The molecular weight excluding hydrogens is 212 g/mol. The van der Waals surface area contributed by atoms with Crippen LogP contribution in [0, 0.1) is 0 Å². The summed E-state index contributed by atoms with van der Waals surface area (Å²) in [6.07, 6.45) is 2.74. The van der Waals surface area contributed by atoms with Gasteiger partial charge in [0.2, 0.25) is 0 Å². The summed E-state index contributed by atoms with van der Waals surface area (Å²) >= 11 is 1.70. The van der Waals surface area contributed by atoms with Crippen LogP contribution in [0.2, 0.25) is 0 Å². The number of hydrogen-bond acceptors (Lipinski definition) is 3. The number of ether oxygens (including phenoxy) is 1. The summed E-state index contributed by atoms with van der Waals surface area (Å²) in [6, 6.07) is 0. The van der Waals surface area contributed by atoms with Gasteiger partial charge in [-0.25, -0.2) is 0 Å². The largest absolute Gasteiger partial charge is 0.481 e. The summed E-state index contributed by atoms with van der Waals surface area (Å²) in [5.74, 6) is 0.195. The molecule has 0 aromatic rings. The second kappa shape index (κ2) is 5.21. The first-order valence-corrected chi connectivity index (χ1v) is 6.45. The van der Waals surface area contributed by atoms with Crippen LogP contribution in [0.4, 0.5) is 0 Å². The Morgan fingerprint density at radius 2 is 2.33 bits per heavy atom. The molecule has 1 rings (SSSR count). The van der Waals surface area contributed by atoms with Crippen molar-refractivity contribution in [1.82, 2.24) is 0 Å². The van der Waals surface area contributed by atoms with Crippen molar-refractivity contribution < 1.29 is 14.6 Å². The van der Waals surface area contributed by atoms with E-state index in [-0.39, 0.29) is 17.3 Å². The van der Waals surface area contributed by atoms with E-state index in [4.69, 9.17) is 9.84 Å². The highest BCUT2D eigenvalue weighted by Gasteiger charge is 2.31. The predicted molar refractivity (Wildman–Crippen MR) is 62.4 cm³/mol. The third-order valence-corrected chi connectivity index (χ3v) is 3.88. The molecule has 4 heteroatoms. The van der Waals surface area contributed by atoms with Gasteiger partial charge < -0.3 is 9.84 Å². The number of carboxylic acid groups (broad SMARTS) is 1. The first-order valence-electron chi connectivity index (χ1n) is 5.40. The van der Waals surface area contributed by atoms with Crippen molar-refractivity contribution in [1.29, 1.82) is 0 Å². The van der Waals surface area contributed by atoms with Gasteiger partial charge in [0.25, 0.3) is 0 Å². The molecule has 0 bridgehead atoms. The van der Waals surface area contributed by atoms with Crippen LogP contribution in [0.1, 0.15) is 40.0 Å². The molecule has 0 spiro atoms. The molecule has 0 saturated carbocycles. The Balaban J connectivity index is 2.18. The van der Waals surface area contributed by atoms with Crippen molar-refractivity contribution in [3.63, 3.8) is 0 Å². The van der Waals surface area contributed by atoms with Gasteiger partial charge >= 0.3 is 5.97 Å². The van der Waals surface area contributed by atoms with Crippen molar-refractivity contribution in [2.75, 3.05) is 5.75 Å². The second-order valence-electron chi connectivity index (χ2n) is 4.78. The van der Waals surface area contributed by atoms with Crippen LogP contribution in [0.3, 0.4) is 0 Å². The Bertz CT molecular complexity index is 228. The predicted octanol–water partition coefficient (Wildman–Crippen LogP) is 2.54. The van der Waals surface area contributed by atoms with E-state index in [1.54, 1.807) is 11.8 Å². The maximum atomic E-state index is 10.5. The summed E-state index contributed by atoms with van der Waals surface area (Å²) in [7, 11) is 0. The molecule has 2 atom stereocenters. The quantitative estimate of drug-likeness (QED) is 0.791. The lowest BCUT2D eigenvalue weighted by Gasteiger charge is -2.19. The molecule has 1 saturated heterocycles. The molecule has 0 aromatic carbocycles. The van der Waals surface area contributed by atoms with Gasteiger partial charge in [-0.1, -0.05) is 6.92 Å². The van der Waals surface area contributed by atoms with E-state index >= 15 is 0 Å². The molecule has 1 aliphatic rings. The van der Waals surface area contributed by atoms with Crippen LogP contribution in [-0.4, -0.2) is 33.8 Å². The van der Waals surface area contributed by atoms with Crippen LogP contribution in [0.25, 0.3) is 0 Å². The molecule has 1 heterocycles. The fourth-order valence-electron chi connectivity index (χ4n) is 1.77. The van der Waals surface area contributed by atoms with Gasteiger partial charge in [0.1, 0.15) is 0 Å². The average Bonchev–Trinajstić information content (AvgIpc) is 2.41. The van der Waals surface area contributed by atoms with Gasteiger partial charge in [0.15, 0.2) is 0 Å². The maximum absolute atomic E-state index is 10.5. The lowest BCUT2D eigenvalue weighted by molar-refractivity contribution is -0.136. The van der Waals surface area contributed by atoms with E-state index in [9.17, 15) is 4.79 Å². The molecule has 0 aliphatic carbocycles. The fraction of sp³-hybridized carbons (Fsp3) is 0.909. The first-order chi connectivity index (χ1) is 6.89. The molecule has 0 aromatic heterocycles. The summed E-state index contributed by atoms with van der Waals surface area (Å²) in [4.78, 5) is 10.5. The molecule has 88 valence electrons. The molecule has 0 radical (unpaired) electrons. The van der Waals surface area contributed by atoms with Gasteiger partial charge in [0, 0.05) is 11.0 Å². The van der Waals surface area contributed by atoms with Gasteiger partial charge in [-0.15, -0.1) is 0 Å². The summed E-state index contributed by atoms with van der Waals surface area (Å²) in [6.45, 7) is 6.18. The smallest absolute Gasteiger partial charge is 0.304 e. The standard InChI is InChI=1S/C11H20O3S/c1-8(6-10(12)13)15-7-9-4-5-11(2,3)14-9/h8-9H,4-7H2,1-3H3,(H,12,13). The Labute approximate surface area is 95.6 Å². The van der Waals surface area contributed by atoms with Crippen molar-refractivity contribution in [3.8, 4) is 0 Å². The van der Waals surface area contributed by atoms with E-state index in [1.165, 1.54) is 0 Å². The number of thioether (sulfide) groups is 1. The average molecular weight is 232 g/mol. The third kappa shape index (κ3) is 4.89. The molecule has 1 fully saturated rings. The molecule has 2 unspecified atom stereocenters. The van der Waals surface area contributed by atoms with Crippen LogP contribution in [0.5, 0.6) is 0 Å². The lowest BCUT2D eigenvalue weighted by Crippen LogP contribution is -2.21. The highest BCUT2D eigenvalue weighted by molar-refractivity contribution is 7.99. The zero-order valence-electron chi connectivity index (χ0n) is 9.66. The van der Waals surface area contributed by atoms with Gasteiger partial charge in [0.05, 0.1) is 18.1 Å². The van der Waals surface area contributed by atoms with E-state index in [0.717, 1.165) is 18.6 Å².